The van der Waals surface area contributed by atoms with E-state index in [0.717, 1.165) is 11.5 Å². The summed E-state index contributed by atoms with van der Waals surface area (Å²) in [5.74, 6) is 1.62. The number of rotatable bonds is 2. The maximum absolute atomic E-state index is 5.85. The third kappa shape index (κ3) is 3.99. The Kier molecular flexibility index (Phi) is 5.24. The van der Waals surface area contributed by atoms with E-state index in [1.54, 1.807) is 0 Å². The summed E-state index contributed by atoms with van der Waals surface area (Å²) in [6, 6.07) is 19.9. The molecule has 0 aliphatic heterocycles. The van der Waals surface area contributed by atoms with Crippen LogP contribution in [-0.4, -0.2) is 0 Å². The molecular formula is C19H19ClO. The predicted molar refractivity (Wildman–Crippen MR) is 91.6 cm³/mol. The fraction of sp³-hybridized carbons (Fsp3) is 0.158. The van der Waals surface area contributed by atoms with Crippen LogP contribution in [0, 0.1) is 6.92 Å². The van der Waals surface area contributed by atoms with Gasteiger partial charge in [-0.2, -0.15) is 0 Å². The Morgan fingerprint density at radius 2 is 1.29 bits per heavy atom. The van der Waals surface area contributed by atoms with E-state index in [-0.39, 0.29) is 0 Å². The van der Waals surface area contributed by atoms with E-state index < -0.39 is 0 Å². The Balaban J connectivity index is 0.000000774. The second-order valence-electron chi connectivity index (χ2n) is 4.57. The van der Waals surface area contributed by atoms with Gasteiger partial charge in [-0.1, -0.05) is 55.3 Å². The second-order valence-corrected chi connectivity index (χ2v) is 5.00. The molecule has 1 nitrogen and oxygen atoms in total. The molecule has 3 aromatic carbocycles. The normalized spacial score (nSPS) is 9.90. The van der Waals surface area contributed by atoms with Gasteiger partial charge in [0.25, 0.3) is 0 Å². The Labute approximate surface area is 131 Å². The molecule has 108 valence electrons. The van der Waals surface area contributed by atoms with Crippen LogP contribution < -0.4 is 4.74 Å². The molecule has 0 amide bonds. The van der Waals surface area contributed by atoms with E-state index in [0.29, 0.717) is 5.02 Å². The van der Waals surface area contributed by atoms with Crippen LogP contribution in [0.5, 0.6) is 11.5 Å². The highest BCUT2D eigenvalue weighted by molar-refractivity contribution is 6.30. The van der Waals surface area contributed by atoms with Crippen LogP contribution >= 0.6 is 11.6 Å². The van der Waals surface area contributed by atoms with Crippen LogP contribution in [0.3, 0.4) is 0 Å². The fourth-order valence-corrected chi connectivity index (χ4v) is 2.17. The van der Waals surface area contributed by atoms with Crippen molar-refractivity contribution in [2.75, 3.05) is 0 Å². The number of halogens is 1. The lowest BCUT2D eigenvalue weighted by Gasteiger charge is -2.07. The summed E-state index contributed by atoms with van der Waals surface area (Å²) in [6.45, 7) is 6.09. The number of fused-ring (bicyclic) bond motifs is 1. The average Bonchev–Trinajstić information content (AvgIpc) is 2.52. The highest BCUT2D eigenvalue weighted by Gasteiger charge is 2.00. The topological polar surface area (TPSA) is 9.23 Å². The van der Waals surface area contributed by atoms with E-state index >= 15 is 0 Å². The molecule has 0 aliphatic carbocycles. The molecule has 0 heterocycles. The lowest BCUT2D eigenvalue weighted by atomic mass is 10.1. The summed E-state index contributed by atoms with van der Waals surface area (Å²) in [4.78, 5) is 0. The molecule has 0 atom stereocenters. The summed E-state index contributed by atoms with van der Waals surface area (Å²) in [6.07, 6.45) is 0. The first-order chi connectivity index (χ1) is 10.2. The van der Waals surface area contributed by atoms with Crippen molar-refractivity contribution in [2.45, 2.75) is 20.8 Å². The van der Waals surface area contributed by atoms with Crippen molar-refractivity contribution in [1.29, 1.82) is 0 Å². The van der Waals surface area contributed by atoms with Gasteiger partial charge in [0, 0.05) is 5.02 Å². The molecule has 21 heavy (non-hydrogen) atoms. The minimum atomic E-state index is 0.710. The van der Waals surface area contributed by atoms with Crippen molar-refractivity contribution < 1.29 is 4.74 Å². The molecule has 0 aliphatic rings. The van der Waals surface area contributed by atoms with Crippen LogP contribution in [0.2, 0.25) is 5.02 Å². The average molecular weight is 299 g/mol. The minimum absolute atomic E-state index is 0.710. The quantitative estimate of drug-likeness (QED) is 0.516. The van der Waals surface area contributed by atoms with Gasteiger partial charge in [0.2, 0.25) is 0 Å². The Morgan fingerprint density at radius 1 is 0.714 bits per heavy atom. The zero-order valence-corrected chi connectivity index (χ0v) is 13.3. The molecule has 0 N–H and O–H groups in total. The number of hydrogen-bond acceptors (Lipinski definition) is 1. The second kappa shape index (κ2) is 7.14. The molecular weight excluding hydrogens is 280 g/mol. The Hall–Kier alpha value is -1.99. The van der Waals surface area contributed by atoms with Gasteiger partial charge in [-0.25, -0.2) is 0 Å². The smallest absolute Gasteiger partial charge is 0.128 e. The summed E-state index contributed by atoms with van der Waals surface area (Å²) in [5, 5.41) is 3.11. The third-order valence-electron chi connectivity index (χ3n) is 3.02. The van der Waals surface area contributed by atoms with E-state index in [9.17, 15) is 0 Å². The lowest BCUT2D eigenvalue weighted by molar-refractivity contribution is 0.483. The van der Waals surface area contributed by atoms with Crippen molar-refractivity contribution in [3.63, 3.8) is 0 Å². The van der Waals surface area contributed by atoms with Crippen molar-refractivity contribution >= 4 is 22.4 Å². The molecule has 0 spiro atoms. The van der Waals surface area contributed by atoms with Crippen LogP contribution in [0.4, 0.5) is 0 Å². The maximum atomic E-state index is 5.85. The van der Waals surface area contributed by atoms with Crippen molar-refractivity contribution in [3.05, 3.63) is 71.2 Å². The summed E-state index contributed by atoms with van der Waals surface area (Å²) in [7, 11) is 0. The van der Waals surface area contributed by atoms with Crippen LogP contribution in [0.15, 0.2) is 60.7 Å². The standard InChI is InChI=1S/C17H13ClO.C2H6/c1-12-2-3-14-11-17(7-4-13(14)10-12)19-16-8-5-15(18)6-9-16;1-2/h2-11H,1H3;1-2H3. The number of ether oxygens (including phenoxy) is 1. The first-order valence-corrected chi connectivity index (χ1v) is 7.52. The maximum Gasteiger partial charge on any atom is 0.128 e. The van der Waals surface area contributed by atoms with E-state index in [4.69, 9.17) is 16.3 Å². The SMILES string of the molecule is CC.Cc1ccc2cc(Oc3ccc(Cl)cc3)ccc2c1. The number of hydrogen-bond donors (Lipinski definition) is 0. The van der Waals surface area contributed by atoms with Gasteiger partial charge in [0.15, 0.2) is 0 Å². The molecule has 0 radical (unpaired) electrons. The molecule has 0 saturated carbocycles. The van der Waals surface area contributed by atoms with Gasteiger partial charge in [-0.05, 0) is 54.1 Å². The highest BCUT2D eigenvalue weighted by atomic mass is 35.5. The van der Waals surface area contributed by atoms with Crippen molar-refractivity contribution in [3.8, 4) is 11.5 Å². The van der Waals surface area contributed by atoms with Crippen LogP contribution in [0.25, 0.3) is 10.8 Å². The van der Waals surface area contributed by atoms with Gasteiger partial charge in [-0.15, -0.1) is 0 Å². The first-order valence-electron chi connectivity index (χ1n) is 7.14. The van der Waals surface area contributed by atoms with E-state index in [1.807, 2.05) is 50.2 Å². The number of benzene rings is 3. The highest BCUT2D eigenvalue weighted by Crippen LogP contribution is 2.27. The van der Waals surface area contributed by atoms with E-state index in [2.05, 4.69) is 31.2 Å². The monoisotopic (exact) mass is 298 g/mol. The molecule has 3 aromatic rings. The Bertz CT molecular complexity index is 717. The third-order valence-corrected chi connectivity index (χ3v) is 3.27. The molecule has 0 unspecified atom stereocenters. The zero-order chi connectivity index (χ0) is 15.2. The fourth-order valence-electron chi connectivity index (χ4n) is 2.05. The van der Waals surface area contributed by atoms with Crippen LogP contribution in [0.1, 0.15) is 19.4 Å². The molecule has 0 saturated heterocycles. The van der Waals surface area contributed by atoms with Gasteiger partial charge in [-0.3, -0.25) is 0 Å². The molecule has 0 bridgehead atoms. The molecule has 2 heteroatoms. The first kappa shape index (κ1) is 15.4. The predicted octanol–water partition coefficient (Wildman–Crippen LogP) is 6.62. The minimum Gasteiger partial charge on any atom is -0.457 e. The number of aryl methyl sites for hydroxylation is 1. The van der Waals surface area contributed by atoms with Crippen molar-refractivity contribution in [1.82, 2.24) is 0 Å². The summed E-state index contributed by atoms with van der Waals surface area (Å²) >= 11 is 5.85. The van der Waals surface area contributed by atoms with Gasteiger partial charge < -0.3 is 4.74 Å². The molecule has 0 fully saturated rings. The van der Waals surface area contributed by atoms with Gasteiger partial charge >= 0.3 is 0 Å². The lowest BCUT2D eigenvalue weighted by Crippen LogP contribution is -1.84. The summed E-state index contributed by atoms with van der Waals surface area (Å²) in [5.41, 5.74) is 1.26. The zero-order valence-electron chi connectivity index (χ0n) is 12.6. The molecule has 3 rings (SSSR count). The Morgan fingerprint density at radius 3 is 2.00 bits per heavy atom. The van der Waals surface area contributed by atoms with Gasteiger partial charge in [0.1, 0.15) is 11.5 Å². The van der Waals surface area contributed by atoms with Crippen LogP contribution in [-0.2, 0) is 0 Å². The molecule has 0 aromatic heterocycles. The van der Waals surface area contributed by atoms with Gasteiger partial charge in [0.05, 0.1) is 0 Å². The largest absolute Gasteiger partial charge is 0.457 e. The van der Waals surface area contributed by atoms with Crippen molar-refractivity contribution in [2.24, 2.45) is 0 Å². The summed E-state index contributed by atoms with van der Waals surface area (Å²) < 4.78 is 5.81. The van der Waals surface area contributed by atoms with E-state index in [1.165, 1.54) is 16.3 Å².